The first kappa shape index (κ1) is 9.34. The quantitative estimate of drug-likeness (QED) is 0.551. The highest BCUT2D eigenvalue weighted by atomic mass is 16.1. The van der Waals surface area contributed by atoms with E-state index in [1.54, 1.807) is 6.92 Å². The van der Waals surface area contributed by atoms with Gasteiger partial charge in [-0.3, -0.25) is 9.79 Å². The van der Waals surface area contributed by atoms with Crippen LogP contribution in [0, 0.1) is 0 Å². The Bertz CT molecular complexity index is 147. The molecule has 0 aromatic heterocycles. The summed E-state index contributed by atoms with van der Waals surface area (Å²) in [6.45, 7) is 7.48. The molecule has 0 saturated heterocycles. The summed E-state index contributed by atoms with van der Waals surface area (Å²) in [4.78, 5) is 14.8. The minimum absolute atomic E-state index is 0.182. The van der Waals surface area contributed by atoms with Gasteiger partial charge in [0.25, 0.3) is 0 Å². The Kier molecular flexibility index (Phi) is 3.93. The van der Waals surface area contributed by atoms with Gasteiger partial charge in [-0.2, -0.15) is 0 Å². The van der Waals surface area contributed by atoms with Gasteiger partial charge in [0, 0.05) is 18.2 Å². The van der Waals surface area contributed by atoms with Crippen molar-refractivity contribution in [2.75, 3.05) is 0 Å². The molecule has 0 aliphatic rings. The third-order valence-electron chi connectivity index (χ3n) is 0.983. The lowest BCUT2D eigenvalue weighted by Crippen LogP contribution is -2.03. The molecule has 0 aromatic rings. The number of hydrogen-bond acceptors (Lipinski definition) is 2. The molecule has 0 spiro atoms. The number of hydrogen-bond donors (Lipinski definition) is 0. The van der Waals surface area contributed by atoms with Crippen molar-refractivity contribution in [2.45, 2.75) is 40.2 Å². The average molecular weight is 141 g/mol. The Labute approximate surface area is 62.4 Å². The minimum Gasteiger partial charge on any atom is -0.300 e. The molecule has 0 radical (unpaired) electrons. The molecular formula is C8H15NO. The lowest BCUT2D eigenvalue weighted by Gasteiger charge is -1.99. The van der Waals surface area contributed by atoms with Crippen molar-refractivity contribution in [3.63, 3.8) is 0 Å². The van der Waals surface area contributed by atoms with Crippen LogP contribution >= 0.6 is 0 Å². The molecule has 10 heavy (non-hydrogen) atoms. The Hall–Kier alpha value is -0.660. The highest BCUT2D eigenvalue weighted by Crippen LogP contribution is 1.92. The minimum atomic E-state index is 0.182. The second-order valence-electron chi connectivity index (χ2n) is 2.84. The number of ketones is 1. The normalized spacial score (nSPS) is 12.3. The van der Waals surface area contributed by atoms with E-state index >= 15 is 0 Å². The first-order chi connectivity index (χ1) is 4.52. The molecule has 0 fully saturated rings. The van der Waals surface area contributed by atoms with Crippen molar-refractivity contribution in [3.8, 4) is 0 Å². The molecule has 0 heterocycles. The van der Waals surface area contributed by atoms with Crippen molar-refractivity contribution in [3.05, 3.63) is 0 Å². The molecule has 0 amide bonds. The van der Waals surface area contributed by atoms with Gasteiger partial charge in [0.1, 0.15) is 5.78 Å². The zero-order chi connectivity index (χ0) is 8.15. The Morgan fingerprint density at radius 2 is 1.90 bits per heavy atom. The predicted octanol–water partition coefficient (Wildman–Crippen LogP) is 1.83. The van der Waals surface area contributed by atoms with Crippen LogP contribution in [0.1, 0.15) is 34.1 Å². The molecule has 0 aromatic carbocycles. The van der Waals surface area contributed by atoms with E-state index in [1.165, 1.54) is 0 Å². The van der Waals surface area contributed by atoms with E-state index in [2.05, 4.69) is 4.99 Å². The van der Waals surface area contributed by atoms with Crippen LogP contribution in [-0.2, 0) is 4.79 Å². The maximum atomic E-state index is 10.6. The van der Waals surface area contributed by atoms with Gasteiger partial charge in [0.15, 0.2) is 0 Å². The predicted molar refractivity (Wildman–Crippen MR) is 43.5 cm³/mol. The summed E-state index contributed by atoms with van der Waals surface area (Å²) in [5, 5.41) is 0. The maximum absolute atomic E-state index is 10.6. The maximum Gasteiger partial charge on any atom is 0.135 e. The molecule has 0 bridgehead atoms. The molecule has 58 valence electrons. The highest BCUT2D eigenvalue weighted by molar-refractivity contribution is 5.99. The molecule has 0 atom stereocenters. The molecule has 0 aliphatic heterocycles. The van der Waals surface area contributed by atoms with E-state index in [1.807, 2.05) is 20.8 Å². The highest BCUT2D eigenvalue weighted by Gasteiger charge is 1.96. The second-order valence-corrected chi connectivity index (χ2v) is 2.84. The van der Waals surface area contributed by atoms with E-state index in [0.29, 0.717) is 12.5 Å². The molecule has 0 N–H and O–H groups in total. The number of carbonyl (C=O) groups excluding carboxylic acids is 1. The van der Waals surface area contributed by atoms with Gasteiger partial charge in [-0.1, -0.05) is 0 Å². The summed E-state index contributed by atoms with van der Waals surface area (Å²) in [6, 6.07) is 0.305. The summed E-state index contributed by atoms with van der Waals surface area (Å²) < 4.78 is 0. The molecular weight excluding hydrogens is 126 g/mol. The van der Waals surface area contributed by atoms with Crippen LogP contribution in [0.25, 0.3) is 0 Å². The average Bonchev–Trinajstić information content (AvgIpc) is 1.58. The van der Waals surface area contributed by atoms with Crippen LogP contribution in [0.15, 0.2) is 4.99 Å². The van der Waals surface area contributed by atoms with Crippen LogP contribution in [0.5, 0.6) is 0 Å². The number of carbonyl (C=O) groups is 1. The van der Waals surface area contributed by atoms with Crippen LogP contribution in [0.4, 0.5) is 0 Å². The van der Waals surface area contributed by atoms with Gasteiger partial charge in [-0.25, -0.2) is 0 Å². The van der Waals surface area contributed by atoms with Gasteiger partial charge in [0.05, 0.1) is 0 Å². The fraction of sp³-hybridized carbons (Fsp3) is 0.750. The SMILES string of the molecule is CC(=O)C/C(C)=N/C(C)C. The van der Waals surface area contributed by atoms with E-state index in [0.717, 1.165) is 5.71 Å². The summed E-state index contributed by atoms with van der Waals surface area (Å²) in [5.74, 6) is 0.182. The summed E-state index contributed by atoms with van der Waals surface area (Å²) in [5.41, 5.74) is 0.933. The van der Waals surface area contributed by atoms with Crippen molar-refractivity contribution in [2.24, 2.45) is 4.99 Å². The molecule has 2 nitrogen and oxygen atoms in total. The summed E-state index contributed by atoms with van der Waals surface area (Å²) >= 11 is 0. The molecule has 0 unspecified atom stereocenters. The van der Waals surface area contributed by atoms with Gasteiger partial charge >= 0.3 is 0 Å². The van der Waals surface area contributed by atoms with Gasteiger partial charge in [-0.15, -0.1) is 0 Å². The fourth-order valence-electron chi connectivity index (χ4n) is 0.847. The fourth-order valence-corrected chi connectivity index (χ4v) is 0.847. The second kappa shape index (κ2) is 4.20. The molecule has 0 saturated carbocycles. The Balaban J connectivity index is 3.82. The standard InChI is InChI=1S/C8H15NO/c1-6(2)9-7(3)5-8(4)10/h6H,5H2,1-4H3/b9-7+. The number of nitrogens with zero attached hydrogens (tertiary/aromatic N) is 1. The van der Waals surface area contributed by atoms with Crippen molar-refractivity contribution in [1.82, 2.24) is 0 Å². The van der Waals surface area contributed by atoms with Crippen LogP contribution < -0.4 is 0 Å². The molecule has 0 rings (SSSR count). The van der Waals surface area contributed by atoms with E-state index in [4.69, 9.17) is 0 Å². The topological polar surface area (TPSA) is 29.4 Å². The lowest BCUT2D eigenvalue weighted by atomic mass is 10.2. The zero-order valence-corrected chi connectivity index (χ0v) is 7.14. The van der Waals surface area contributed by atoms with Crippen LogP contribution in [-0.4, -0.2) is 17.5 Å². The number of Topliss-reactive ketones (excluding diaryl/α,β-unsaturated/α-hetero) is 1. The van der Waals surface area contributed by atoms with Crippen molar-refractivity contribution < 1.29 is 4.79 Å². The summed E-state index contributed by atoms with van der Waals surface area (Å²) in [7, 11) is 0. The third kappa shape index (κ3) is 5.48. The zero-order valence-electron chi connectivity index (χ0n) is 7.14. The van der Waals surface area contributed by atoms with Crippen molar-refractivity contribution >= 4 is 11.5 Å². The monoisotopic (exact) mass is 141 g/mol. The van der Waals surface area contributed by atoms with Gasteiger partial charge in [-0.05, 0) is 27.7 Å². The van der Waals surface area contributed by atoms with E-state index in [9.17, 15) is 4.79 Å². The third-order valence-corrected chi connectivity index (χ3v) is 0.983. The number of aliphatic imine (C=N–C) groups is 1. The Morgan fingerprint density at radius 3 is 2.20 bits per heavy atom. The first-order valence-corrected chi connectivity index (χ1v) is 3.55. The van der Waals surface area contributed by atoms with E-state index < -0.39 is 0 Å². The number of rotatable bonds is 3. The van der Waals surface area contributed by atoms with Gasteiger partial charge < -0.3 is 0 Å². The van der Waals surface area contributed by atoms with Gasteiger partial charge in [0.2, 0.25) is 0 Å². The first-order valence-electron chi connectivity index (χ1n) is 3.55. The van der Waals surface area contributed by atoms with E-state index in [-0.39, 0.29) is 5.78 Å². The molecule has 0 aliphatic carbocycles. The van der Waals surface area contributed by atoms with Crippen molar-refractivity contribution in [1.29, 1.82) is 0 Å². The smallest absolute Gasteiger partial charge is 0.135 e. The molecule has 2 heteroatoms. The van der Waals surface area contributed by atoms with Crippen LogP contribution in [0.2, 0.25) is 0 Å². The Morgan fingerprint density at radius 1 is 1.40 bits per heavy atom. The largest absolute Gasteiger partial charge is 0.300 e. The summed E-state index contributed by atoms with van der Waals surface area (Å²) in [6.07, 6.45) is 0.498. The van der Waals surface area contributed by atoms with Crippen LogP contribution in [0.3, 0.4) is 0 Å². The lowest BCUT2D eigenvalue weighted by molar-refractivity contribution is -0.115.